The molecule has 20 heavy (non-hydrogen) atoms. The maximum atomic E-state index is 12.4. The van der Waals surface area contributed by atoms with Crippen LogP contribution < -0.4 is 0 Å². The fraction of sp³-hybridized carbons (Fsp3) is 0.308. The molecule has 2 N–H and O–H groups in total. The van der Waals surface area contributed by atoms with Crippen LogP contribution in [0, 0.1) is 0 Å². The number of morpholine rings is 1. The minimum Gasteiger partial charge on any atom is -0.479 e. The lowest BCUT2D eigenvalue weighted by molar-refractivity contribution is -0.154. The van der Waals surface area contributed by atoms with Crippen molar-refractivity contribution >= 4 is 22.8 Å². The van der Waals surface area contributed by atoms with Crippen molar-refractivity contribution in [2.75, 3.05) is 19.7 Å². The van der Waals surface area contributed by atoms with Crippen LogP contribution in [0.2, 0.25) is 0 Å². The number of H-pyrrole nitrogens is 1. The van der Waals surface area contributed by atoms with Gasteiger partial charge in [0.2, 0.25) is 0 Å². The molecule has 1 atom stereocenters. The second kappa shape index (κ2) is 4.93. The van der Waals surface area contributed by atoms with Gasteiger partial charge < -0.3 is 14.7 Å². The van der Waals surface area contributed by atoms with Crippen LogP contribution in [0.3, 0.4) is 0 Å². The third-order valence-electron chi connectivity index (χ3n) is 3.30. The number of benzene rings is 1. The van der Waals surface area contributed by atoms with Crippen molar-refractivity contribution in [3.05, 3.63) is 30.0 Å². The van der Waals surface area contributed by atoms with Gasteiger partial charge in [0.15, 0.2) is 11.8 Å². The number of nitrogens with one attached hydrogen (secondary N) is 1. The first-order chi connectivity index (χ1) is 9.66. The summed E-state index contributed by atoms with van der Waals surface area (Å²) in [5, 5.41) is 16.5. The van der Waals surface area contributed by atoms with E-state index in [-0.39, 0.29) is 19.1 Å². The highest BCUT2D eigenvalue weighted by Gasteiger charge is 2.30. The van der Waals surface area contributed by atoms with Crippen molar-refractivity contribution in [1.82, 2.24) is 15.1 Å². The molecule has 0 saturated carbocycles. The number of carbonyl (C=O) groups excluding carboxylic acids is 1. The number of carbonyl (C=O) groups is 2. The molecular formula is C13H13N3O4. The van der Waals surface area contributed by atoms with Crippen molar-refractivity contribution in [2.24, 2.45) is 0 Å². The van der Waals surface area contributed by atoms with Crippen LogP contribution in [0.4, 0.5) is 0 Å². The normalized spacial score (nSPS) is 19.2. The largest absolute Gasteiger partial charge is 0.479 e. The van der Waals surface area contributed by atoms with E-state index in [2.05, 4.69) is 10.2 Å². The Bertz CT molecular complexity index is 666. The lowest BCUT2D eigenvalue weighted by Gasteiger charge is -2.30. The molecule has 2 aromatic rings. The van der Waals surface area contributed by atoms with Gasteiger partial charge in [0, 0.05) is 11.9 Å². The summed E-state index contributed by atoms with van der Waals surface area (Å²) in [5.74, 6) is -1.34. The number of carboxylic acids is 1. The molecule has 7 heteroatoms. The molecule has 1 amide bonds. The fourth-order valence-electron chi connectivity index (χ4n) is 2.26. The quantitative estimate of drug-likeness (QED) is 0.831. The van der Waals surface area contributed by atoms with E-state index in [1.807, 2.05) is 18.2 Å². The van der Waals surface area contributed by atoms with Gasteiger partial charge in [0.1, 0.15) is 0 Å². The molecular weight excluding hydrogens is 262 g/mol. The van der Waals surface area contributed by atoms with Gasteiger partial charge >= 0.3 is 5.97 Å². The number of fused-ring (bicyclic) bond motifs is 1. The van der Waals surface area contributed by atoms with Gasteiger partial charge in [0.05, 0.1) is 18.7 Å². The zero-order valence-electron chi connectivity index (χ0n) is 10.6. The molecule has 1 saturated heterocycles. The maximum absolute atomic E-state index is 12.4. The minimum absolute atomic E-state index is 0.0371. The summed E-state index contributed by atoms with van der Waals surface area (Å²) in [7, 11) is 0. The number of hydrogen-bond acceptors (Lipinski definition) is 4. The van der Waals surface area contributed by atoms with Crippen LogP contribution in [0.1, 0.15) is 10.5 Å². The number of nitrogens with zero attached hydrogens (tertiary/aromatic N) is 2. The van der Waals surface area contributed by atoms with Crippen LogP contribution in [0.15, 0.2) is 24.3 Å². The molecule has 7 nitrogen and oxygen atoms in total. The number of carboxylic acid groups (broad SMARTS) is 1. The first-order valence-corrected chi connectivity index (χ1v) is 6.23. The smallest absolute Gasteiger partial charge is 0.334 e. The van der Waals surface area contributed by atoms with E-state index < -0.39 is 12.1 Å². The van der Waals surface area contributed by atoms with Gasteiger partial charge in [-0.15, -0.1) is 0 Å². The standard InChI is InChI=1S/C13H13N3O4/c17-12(16-5-6-20-10(7-16)13(18)19)11-8-3-1-2-4-9(8)14-15-11/h1-4,10H,5-7H2,(H,14,15)(H,18,19). The molecule has 1 fully saturated rings. The number of rotatable bonds is 2. The monoisotopic (exact) mass is 275 g/mol. The molecule has 1 unspecified atom stereocenters. The molecule has 0 aliphatic carbocycles. The third kappa shape index (κ3) is 2.12. The average Bonchev–Trinajstić information content (AvgIpc) is 2.90. The average molecular weight is 275 g/mol. The van der Waals surface area contributed by atoms with E-state index in [0.29, 0.717) is 12.2 Å². The van der Waals surface area contributed by atoms with Gasteiger partial charge in [-0.25, -0.2) is 4.79 Å². The van der Waals surface area contributed by atoms with Crippen molar-refractivity contribution in [1.29, 1.82) is 0 Å². The number of aromatic nitrogens is 2. The number of hydrogen-bond donors (Lipinski definition) is 2. The minimum atomic E-state index is -1.06. The Hall–Kier alpha value is -2.41. The zero-order valence-corrected chi connectivity index (χ0v) is 10.6. The molecule has 1 aromatic heterocycles. The molecule has 2 heterocycles. The number of aliphatic carboxylic acids is 1. The first-order valence-electron chi connectivity index (χ1n) is 6.23. The molecule has 1 aromatic carbocycles. The van der Waals surface area contributed by atoms with E-state index in [1.165, 1.54) is 4.90 Å². The van der Waals surface area contributed by atoms with E-state index in [1.54, 1.807) is 6.07 Å². The lowest BCUT2D eigenvalue weighted by atomic mass is 10.2. The molecule has 0 spiro atoms. The Labute approximate surface area is 114 Å². The Morgan fingerprint density at radius 2 is 2.20 bits per heavy atom. The molecule has 0 bridgehead atoms. The van der Waals surface area contributed by atoms with E-state index in [4.69, 9.17) is 9.84 Å². The highest BCUT2D eigenvalue weighted by atomic mass is 16.5. The van der Waals surface area contributed by atoms with Crippen LogP contribution >= 0.6 is 0 Å². The third-order valence-corrected chi connectivity index (χ3v) is 3.30. The number of aromatic amines is 1. The summed E-state index contributed by atoms with van der Waals surface area (Å²) in [5.41, 5.74) is 1.09. The molecule has 1 aliphatic rings. The highest BCUT2D eigenvalue weighted by Crippen LogP contribution is 2.18. The predicted octanol–water partition coefficient (Wildman–Crippen LogP) is 0.488. The van der Waals surface area contributed by atoms with E-state index in [9.17, 15) is 9.59 Å². The van der Waals surface area contributed by atoms with E-state index in [0.717, 1.165) is 10.9 Å². The topological polar surface area (TPSA) is 95.5 Å². The second-order valence-corrected chi connectivity index (χ2v) is 4.57. The van der Waals surface area contributed by atoms with Crippen LogP contribution in [-0.2, 0) is 9.53 Å². The van der Waals surface area contributed by atoms with Crippen molar-refractivity contribution in [3.63, 3.8) is 0 Å². The summed E-state index contributed by atoms with van der Waals surface area (Å²) in [4.78, 5) is 24.8. The molecule has 3 rings (SSSR count). The Morgan fingerprint density at radius 1 is 1.40 bits per heavy atom. The van der Waals surface area contributed by atoms with Crippen molar-refractivity contribution in [2.45, 2.75) is 6.10 Å². The molecule has 1 aliphatic heterocycles. The second-order valence-electron chi connectivity index (χ2n) is 4.57. The lowest BCUT2D eigenvalue weighted by Crippen LogP contribution is -2.48. The van der Waals surface area contributed by atoms with Gasteiger partial charge in [-0.1, -0.05) is 18.2 Å². The Morgan fingerprint density at radius 3 is 3.00 bits per heavy atom. The number of para-hydroxylation sites is 1. The number of amides is 1. The van der Waals surface area contributed by atoms with Crippen molar-refractivity contribution in [3.8, 4) is 0 Å². The summed E-state index contributed by atoms with van der Waals surface area (Å²) >= 11 is 0. The SMILES string of the molecule is O=C(O)C1CN(C(=O)c2n[nH]c3ccccc23)CCO1. The number of ether oxygens (including phenoxy) is 1. The Balaban J connectivity index is 1.87. The van der Waals surface area contributed by atoms with Crippen LogP contribution in [-0.4, -0.2) is 57.9 Å². The summed E-state index contributed by atoms with van der Waals surface area (Å²) in [6.07, 6.45) is -0.974. The van der Waals surface area contributed by atoms with E-state index >= 15 is 0 Å². The first kappa shape index (κ1) is 12.6. The van der Waals surface area contributed by atoms with Crippen LogP contribution in [0.5, 0.6) is 0 Å². The molecule has 0 radical (unpaired) electrons. The summed E-state index contributed by atoms with van der Waals surface area (Å²) in [6.45, 7) is 0.615. The summed E-state index contributed by atoms with van der Waals surface area (Å²) < 4.78 is 5.10. The maximum Gasteiger partial charge on any atom is 0.334 e. The summed E-state index contributed by atoms with van der Waals surface area (Å²) in [6, 6.07) is 7.32. The highest BCUT2D eigenvalue weighted by molar-refractivity contribution is 6.04. The Kier molecular flexibility index (Phi) is 3.11. The molecule has 104 valence electrons. The van der Waals surface area contributed by atoms with Gasteiger partial charge in [-0.05, 0) is 6.07 Å². The fourth-order valence-corrected chi connectivity index (χ4v) is 2.26. The van der Waals surface area contributed by atoms with Gasteiger partial charge in [-0.2, -0.15) is 5.10 Å². The van der Waals surface area contributed by atoms with Gasteiger partial charge in [0.25, 0.3) is 5.91 Å². The van der Waals surface area contributed by atoms with Gasteiger partial charge in [-0.3, -0.25) is 9.89 Å². The zero-order chi connectivity index (χ0) is 14.1. The van der Waals surface area contributed by atoms with Crippen molar-refractivity contribution < 1.29 is 19.4 Å². The van der Waals surface area contributed by atoms with Crippen LogP contribution in [0.25, 0.3) is 10.9 Å². The predicted molar refractivity (Wildman–Crippen MR) is 69.4 cm³/mol.